The number of esters is 2. The minimum absolute atomic E-state index is 0.00315. The van der Waals surface area contributed by atoms with Crippen molar-refractivity contribution in [2.75, 3.05) is 0 Å². The first-order valence-electron chi connectivity index (χ1n) is 12.7. The van der Waals surface area contributed by atoms with Crippen LogP contribution < -0.4 is 0 Å². The van der Waals surface area contributed by atoms with Crippen LogP contribution in [0, 0.1) is 5.92 Å². The van der Waals surface area contributed by atoms with Gasteiger partial charge < -0.3 is 9.47 Å². The molecule has 30 heavy (non-hydrogen) atoms. The third kappa shape index (κ3) is 21.6. The maximum atomic E-state index is 11.6. The molecule has 0 aliphatic heterocycles. The first-order valence-corrected chi connectivity index (χ1v) is 12.7. The number of hydrogen-bond acceptors (Lipinski definition) is 4. The van der Waals surface area contributed by atoms with E-state index in [2.05, 4.69) is 6.92 Å². The molecular weight excluding hydrogens is 376 g/mol. The highest BCUT2D eigenvalue weighted by Crippen LogP contribution is 2.17. The smallest absolute Gasteiger partial charge is 0.306 e. The van der Waals surface area contributed by atoms with Gasteiger partial charge in [0.15, 0.2) is 0 Å². The van der Waals surface area contributed by atoms with Crippen LogP contribution in [0.3, 0.4) is 0 Å². The van der Waals surface area contributed by atoms with Crippen molar-refractivity contribution >= 4 is 11.9 Å². The molecule has 4 heteroatoms. The highest BCUT2D eigenvalue weighted by molar-refractivity contribution is 5.69. The van der Waals surface area contributed by atoms with Crippen molar-refractivity contribution in [3.8, 4) is 0 Å². The highest BCUT2D eigenvalue weighted by atomic mass is 16.5. The second kappa shape index (κ2) is 19.9. The van der Waals surface area contributed by atoms with Crippen LogP contribution in [0.15, 0.2) is 0 Å². The van der Waals surface area contributed by atoms with Gasteiger partial charge in [-0.05, 0) is 40.0 Å². The zero-order valence-corrected chi connectivity index (χ0v) is 20.7. The standard InChI is InChI=1S/C26H50O4/c1-22(2)29-25(27)20-18-16-14-12-10-8-6-7-9-11-13-15-17-19-24(5)21-26(28)30-23(3)4/h22-24H,6-21H2,1-5H3. The molecule has 0 rings (SSSR count). The van der Waals surface area contributed by atoms with Crippen LogP contribution in [0.1, 0.15) is 137 Å². The molecule has 0 aromatic carbocycles. The monoisotopic (exact) mass is 426 g/mol. The van der Waals surface area contributed by atoms with Crippen LogP contribution in [-0.2, 0) is 19.1 Å². The van der Waals surface area contributed by atoms with Crippen molar-refractivity contribution in [1.82, 2.24) is 0 Å². The Balaban J connectivity index is 3.26. The average Bonchev–Trinajstić information content (AvgIpc) is 2.63. The van der Waals surface area contributed by atoms with E-state index in [4.69, 9.17) is 9.47 Å². The predicted octanol–water partition coefficient (Wildman–Crippen LogP) is 7.77. The molecule has 0 radical (unpaired) electrons. The normalized spacial score (nSPS) is 12.4. The number of carbonyl (C=O) groups is 2. The lowest BCUT2D eigenvalue weighted by atomic mass is 9.98. The molecule has 0 bridgehead atoms. The highest BCUT2D eigenvalue weighted by Gasteiger charge is 2.11. The van der Waals surface area contributed by atoms with Gasteiger partial charge in [-0.2, -0.15) is 0 Å². The lowest BCUT2D eigenvalue weighted by molar-refractivity contribution is -0.149. The minimum Gasteiger partial charge on any atom is -0.463 e. The molecular formula is C26H50O4. The number of unbranched alkanes of at least 4 members (excludes halogenated alkanes) is 12. The molecule has 0 aliphatic rings. The molecule has 0 aromatic heterocycles. The van der Waals surface area contributed by atoms with E-state index < -0.39 is 0 Å². The topological polar surface area (TPSA) is 52.6 Å². The predicted molar refractivity (Wildman–Crippen MR) is 125 cm³/mol. The van der Waals surface area contributed by atoms with Gasteiger partial charge in [0.05, 0.1) is 12.2 Å². The van der Waals surface area contributed by atoms with E-state index in [0.717, 1.165) is 19.3 Å². The summed E-state index contributed by atoms with van der Waals surface area (Å²) in [6.07, 6.45) is 18.8. The first-order chi connectivity index (χ1) is 14.3. The molecule has 0 spiro atoms. The van der Waals surface area contributed by atoms with E-state index in [0.29, 0.717) is 18.8 Å². The summed E-state index contributed by atoms with van der Waals surface area (Å²) in [7, 11) is 0. The molecule has 4 nitrogen and oxygen atoms in total. The van der Waals surface area contributed by atoms with E-state index in [1.165, 1.54) is 70.6 Å². The summed E-state index contributed by atoms with van der Waals surface area (Å²) in [5, 5.41) is 0. The third-order valence-corrected chi connectivity index (χ3v) is 5.33. The number of rotatable bonds is 20. The summed E-state index contributed by atoms with van der Waals surface area (Å²) in [6, 6.07) is 0. The van der Waals surface area contributed by atoms with Crippen LogP contribution in [0.5, 0.6) is 0 Å². The molecule has 0 fully saturated rings. The van der Waals surface area contributed by atoms with Crippen molar-refractivity contribution in [2.45, 2.75) is 150 Å². The van der Waals surface area contributed by atoms with Crippen LogP contribution in [0.25, 0.3) is 0 Å². The summed E-state index contributed by atoms with van der Waals surface area (Å²) in [6.45, 7) is 9.76. The van der Waals surface area contributed by atoms with Gasteiger partial charge in [-0.25, -0.2) is 0 Å². The van der Waals surface area contributed by atoms with E-state index in [-0.39, 0.29) is 24.1 Å². The van der Waals surface area contributed by atoms with Crippen molar-refractivity contribution < 1.29 is 19.1 Å². The van der Waals surface area contributed by atoms with Gasteiger partial charge in [-0.15, -0.1) is 0 Å². The van der Waals surface area contributed by atoms with Gasteiger partial charge in [0.25, 0.3) is 0 Å². The molecule has 0 N–H and O–H groups in total. The molecule has 0 saturated carbocycles. The lowest BCUT2D eigenvalue weighted by Gasteiger charge is -2.12. The summed E-state index contributed by atoms with van der Waals surface area (Å²) in [5.41, 5.74) is 0. The second-order valence-corrected chi connectivity index (χ2v) is 9.52. The molecule has 178 valence electrons. The minimum atomic E-state index is -0.0520. The third-order valence-electron chi connectivity index (χ3n) is 5.33. The van der Waals surface area contributed by atoms with Gasteiger partial charge in [0.2, 0.25) is 0 Å². The second-order valence-electron chi connectivity index (χ2n) is 9.52. The zero-order chi connectivity index (χ0) is 22.6. The Hall–Kier alpha value is -1.06. The van der Waals surface area contributed by atoms with E-state index in [9.17, 15) is 9.59 Å². The molecule has 1 atom stereocenters. The van der Waals surface area contributed by atoms with Crippen LogP contribution in [-0.4, -0.2) is 24.1 Å². The maximum Gasteiger partial charge on any atom is 0.306 e. The van der Waals surface area contributed by atoms with Gasteiger partial charge in [0.1, 0.15) is 0 Å². The SMILES string of the molecule is CC(CCCCCCCCCCCCCCCC(=O)OC(C)C)CC(=O)OC(C)C. The van der Waals surface area contributed by atoms with Crippen molar-refractivity contribution in [1.29, 1.82) is 0 Å². The zero-order valence-electron chi connectivity index (χ0n) is 20.7. The Bertz CT molecular complexity index is 417. The molecule has 0 amide bonds. The Kier molecular flexibility index (Phi) is 19.2. The fraction of sp³-hybridized carbons (Fsp3) is 0.923. The Morgan fingerprint density at radius 2 is 0.900 bits per heavy atom. The van der Waals surface area contributed by atoms with Gasteiger partial charge in [-0.1, -0.05) is 90.4 Å². The van der Waals surface area contributed by atoms with Crippen LogP contribution in [0.4, 0.5) is 0 Å². The van der Waals surface area contributed by atoms with Crippen molar-refractivity contribution in [3.05, 3.63) is 0 Å². The number of carbonyl (C=O) groups excluding carboxylic acids is 2. The molecule has 1 unspecified atom stereocenters. The summed E-state index contributed by atoms with van der Waals surface area (Å²) >= 11 is 0. The Morgan fingerprint density at radius 1 is 0.533 bits per heavy atom. The Morgan fingerprint density at radius 3 is 1.33 bits per heavy atom. The lowest BCUT2D eigenvalue weighted by Crippen LogP contribution is -2.14. The molecule has 0 saturated heterocycles. The maximum absolute atomic E-state index is 11.6. The van der Waals surface area contributed by atoms with Gasteiger partial charge >= 0.3 is 11.9 Å². The summed E-state index contributed by atoms with van der Waals surface area (Å²) in [4.78, 5) is 23.1. The van der Waals surface area contributed by atoms with Crippen LogP contribution in [0.2, 0.25) is 0 Å². The number of hydrogen-bond donors (Lipinski definition) is 0. The van der Waals surface area contributed by atoms with E-state index in [1.54, 1.807) is 0 Å². The largest absolute Gasteiger partial charge is 0.463 e. The Labute approximate surface area is 186 Å². The van der Waals surface area contributed by atoms with E-state index in [1.807, 2.05) is 27.7 Å². The first kappa shape index (κ1) is 28.9. The number of ether oxygens (including phenoxy) is 2. The summed E-state index contributed by atoms with van der Waals surface area (Å²) < 4.78 is 10.4. The van der Waals surface area contributed by atoms with Gasteiger partial charge in [0, 0.05) is 12.8 Å². The summed E-state index contributed by atoms with van der Waals surface area (Å²) in [5.74, 6) is 0.333. The van der Waals surface area contributed by atoms with Gasteiger partial charge in [-0.3, -0.25) is 9.59 Å². The fourth-order valence-corrected chi connectivity index (χ4v) is 3.73. The quantitative estimate of drug-likeness (QED) is 0.147. The molecule has 0 aliphatic carbocycles. The molecule has 0 heterocycles. The molecule has 0 aromatic rings. The van der Waals surface area contributed by atoms with Crippen molar-refractivity contribution in [3.63, 3.8) is 0 Å². The van der Waals surface area contributed by atoms with E-state index >= 15 is 0 Å². The van der Waals surface area contributed by atoms with Crippen LogP contribution >= 0.6 is 0 Å². The average molecular weight is 427 g/mol. The van der Waals surface area contributed by atoms with Crippen molar-refractivity contribution in [2.24, 2.45) is 5.92 Å². The fourth-order valence-electron chi connectivity index (χ4n) is 3.73.